The molecule has 0 bridgehead atoms. The predicted octanol–water partition coefficient (Wildman–Crippen LogP) is 2.67. The van der Waals surface area contributed by atoms with Gasteiger partial charge in [-0.1, -0.05) is 23.2 Å². The highest BCUT2D eigenvalue weighted by molar-refractivity contribution is 6.32. The third kappa shape index (κ3) is 3.58. The molecule has 0 spiro atoms. The maximum Gasteiger partial charge on any atom is 0.239 e. The van der Waals surface area contributed by atoms with Gasteiger partial charge in [0.1, 0.15) is 5.82 Å². The minimum atomic E-state index is -0.112. The molecule has 0 saturated heterocycles. The molecule has 3 aromatic heterocycles. The van der Waals surface area contributed by atoms with E-state index in [1.165, 1.54) is 12.4 Å². The Balaban J connectivity index is 1.88. The van der Waals surface area contributed by atoms with Crippen LogP contribution in [0.1, 0.15) is 6.92 Å². The van der Waals surface area contributed by atoms with Gasteiger partial charge in [-0.3, -0.25) is 4.79 Å². The van der Waals surface area contributed by atoms with Crippen LogP contribution in [0.4, 0.5) is 5.82 Å². The number of hydrogen-bond acceptors (Lipinski definition) is 5. The van der Waals surface area contributed by atoms with E-state index in [0.717, 1.165) is 5.39 Å². The first-order valence-corrected chi connectivity index (χ1v) is 8.00. The van der Waals surface area contributed by atoms with Gasteiger partial charge in [0.05, 0.1) is 28.5 Å². The molecule has 1 amide bonds. The molecule has 0 fully saturated rings. The molecule has 0 saturated carbocycles. The van der Waals surface area contributed by atoms with Gasteiger partial charge >= 0.3 is 0 Å². The second-order valence-corrected chi connectivity index (χ2v) is 5.81. The van der Waals surface area contributed by atoms with Gasteiger partial charge in [0.2, 0.25) is 5.91 Å². The number of halogens is 2. The van der Waals surface area contributed by atoms with Crippen LogP contribution in [0.5, 0.6) is 0 Å². The summed E-state index contributed by atoms with van der Waals surface area (Å²) >= 11 is 12.2. The lowest BCUT2D eigenvalue weighted by Crippen LogP contribution is -2.29. The Hall–Kier alpha value is -2.38. The lowest BCUT2D eigenvalue weighted by atomic mass is 10.3. The molecule has 7 nitrogen and oxygen atoms in total. The van der Waals surface area contributed by atoms with E-state index in [9.17, 15) is 4.79 Å². The molecule has 0 radical (unpaired) electrons. The number of hydrogen-bond donors (Lipinski definition) is 2. The van der Waals surface area contributed by atoms with Crippen LogP contribution in [0.25, 0.3) is 16.7 Å². The van der Waals surface area contributed by atoms with Crippen LogP contribution in [0.15, 0.2) is 30.7 Å². The van der Waals surface area contributed by atoms with E-state index in [-0.39, 0.29) is 12.5 Å². The number of aromatic nitrogens is 4. The zero-order valence-electron chi connectivity index (χ0n) is 12.8. The fourth-order valence-corrected chi connectivity index (χ4v) is 2.50. The Morgan fingerprint density at radius 2 is 2.08 bits per heavy atom. The van der Waals surface area contributed by atoms with Crippen molar-refractivity contribution in [1.29, 1.82) is 0 Å². The minimum Gasteiger partial charge on any atom is -0.361 e. The van der Waals surface area contributed by atoms with Crippen molar-refractivity contribution in [1.82, 2.24) is 25.1 Å². The average molecular weight is 365 g/mol. The van der Waals surface area contributed by atoms with Gasteiger partial charge < -0.3 is 10.6 Å². The van der Waals surface area contributed by atoms with Crippen LogP contribution in [0, 0.1) is 0 Å². The fourth-order valence-electron chi connectivity index (χ4n) is 2.14. The molecule has 124 valence electrons. The van der Waals surface area contributed by atoms with Crippen molar-refractivity contribution < 1.29 is 4.79 Å². The smallest absolute Gasteiger partial charge is 0.239 e. The topological polar surface area (TPSA) is 84.7 Å². The lowest BCUT2D eigenvalue weighted by Gasteiger charge is -2.09. The number of nitrogens with zero attached hydrogens (tertiary/aromatic N) is 4. The SMILES string of the molecule is CCNC(=O)CNc1cc(-n2cc3cc(Cl)cnc3n2)c(Cl)cn1. The van der Waals surface area contributed by atoms with Crippen molar-refractivity contribution in [3.05, 3.63) is 40.8 Å². The van der Waals surface area contributed by atoms with Crippen molar-refractivity contribution in [2.45, 2.75) is 6.92 Å². The average Bonchev–Trinajstić information content (AvgIpc) is 2.97. The van der Waals surface area contributed by atoms with Crippen molar-refractivity contribution in [3.63, 3.8) is 0 Å². The third-order valence-electron chi connectivity index (χ3n) is 3.21. The Morgan fingerprint density at radius 1 is 1.25 bits per heavy atom. The van der Waals surface area contributed by atoms with E-state index in [1.807, 2.05) is 6.92 Å². The van der Waals surface area contributed by atoms with Gasteiger partial charge in [-0.2, -0.15) is 0 Å². The minimum absolute atomic E-state index is 0.112. The third-order valence-corrected chi connectivity index (χ3v) is 3.71. The normalized spacial score (nSPS) is 10.8. The number of pyridine rings is 2. The summed E-state index contributed by atoms with van der Waals surface area (Å²) in [7, 11) is 0. The summed E-state index contributed by atoms with van der Waals surface area (Å²) in [6.07, 6.45) is 4.82. The second kappa shape index (κ2) is 7.02. The maximum atomic E-state index is 11.5. The molecule has 0 aliphatic carbocycles. The number of anilines is 1. The number of carbonyl (C=O) groups is 1. The number of carbonyl (C=O) groups excluding carboxylic acids is 1. The summed E-state index contributed by atoms with van der Waals surface area (Å²) in [6.45, 7) is 2.56. The molecule has 3 aromatic rings. The van der Waals surface area contributed by atoms with E-state index in [4.69, 9.17) is 23.2 Å². The van der Waals surface area contributed by atoms with E-state index in [1.54, 1.807) is 23.0 Å². The maximum absolute atomic E-state index is 11.5. The number of likely N-dealkylation sites (N-methyl/N-ethyl adjacent to an activating group) is 1. The van der Waals surface area contributed by atoms with Gasteiger partial charge in [-0.25, -0.2) is 14.6 Å². The van der Waals surface area contributed by atoms with Gasteiger partial charge in [0.15, 0.2) is 5.65 Å². The Labute approximate surface area is 148 Å². The van der Waals surface area contributed by atoms with Crippen molar-refractivity contribution >= 4 is 46.0 Å². The molecule has 0 aromatic carbocycles. The lowest BCUT2D eigenvalue weighted by molar-refractivity contribution is -0.119. The summed E-state index contributed by atoms with van der Waals surface area (Å²) in [6, 6.07) is 3.49. The molecular weight excluding hydrogens is 351 g/mol. The van der Waals surface area contributed by atoms with Gasteiger partial charge in [0.25, 0.3) is 0 Å². The zero-order chi connectivity index (χ0) is 17.1. The van der Waals surface area contributed by atoms with Gasteiger partial charge in [-0.15, -0.1) is 5.10 Å². The molecule has 0 unspecified atom stereocenters. The Bertz CT molecular complexity index is 895. The van der Waals surface area contributed by atoms with E-state index in [2.05, 4.69) is 25.7 Å². The summed E-state index contributed by atoms with van der Waals surface area (Å²) < 4.78 is 1.61. The largest absolute Gasteiger partial charge is 0.361 e. The standard InChI is InChI=1S/C15H14Cl2N6O/c1-2-18-14(24)7-20-13-4-12(11(17)6-19-13)23-8-9-3-10(16)5-21-15(9)22-23/h3-6,8H,2,7H2,1H3,(H,18,24)(H,19,20). The molecule has 24 heavy (non-hydrogen) atoms. The zero-order valence-corrected chi connectivity index (χ0v) is 14.3. The van der Waals surface area contributed by atoms with Crippen LogP contribution in [-0.2, 0) is 4.79 Å². The molecule has 0 aliphatic heterocycles. The quantitative estimate of drug-likeness (QED) is 0.726. The van der Waals surface area contributed by atoms with Crippen molar-refractivity contribution in [2.75, 3.05) is 18.4 Å². The fraction of sp³-hybridized carbons (Fsp3) is 0.200. The predicted molar refractivity (Wildman–Crippen MR) is 93.9 cm³/mol. The van der Waals surface area contributed by atoms with Crippen LogP contribution in [-0.4, -0.2) is 38.7 Å². The summed E-state index contributed by atoms with van der Waals surface area (Å²) in [5.74, 6) is 0.408. The van der Waals surface area contributed by atoms with Crippen LogP contribution in [0.3, 0.4) is 0 Å². The number of nitrogens with one attached hydrogen (secondary N) is 2. The summed E-state index contributed by atoms with van der Waals surface area (Å²) in [5, 5.41) is 11.8. The first kappa shape index (κ1) is 16.5. The first-order chi connectivity index (χ1) is 11.6. The van der Waals surface area contributed by atoms with Gasteiger partial charge in [-0.05, 0) is 13.0 Å². The number of amides is 1. The van der Waals surface area contributed by atoms with Crippen LogP contribution >= 0.6 is 23.2 Å². The highest BCUT2D eigenvalue weighted by Crippen LogP contribution is 2.24. The molecule has 2 N–H and O–H groups in total. The number of rotatable bonds is 5. The molecule has 3 rings (SSSR count). The molecule has 0 aliphatic rings. The highest BCUT2D eigenvalue weighted by atomic mass is 35.5. The molecule has 0 atom stereocenters. The summed E-state index contributed by atoms with van der Waals surface area (Å²) in [5.41, 5.74) is 1.18. The van der Waals surface area contributed by atoms with E-state index < -0.39 is 0 Å². The first-order valence-electron chi connectivity index (χ1n) is 7.24. The molecule has 3 heterocycles. The van der Waals surface area contributed by atoms with E-state index >= 15 is 0 Å². The van der Waals surface area contributed by atoms with E-state index in [0.29, 0.717) is 33.7 Å². The Morgan fingerprint density at radius 3 is 2.88 bits per heavy atom. The second-order valence-electron chi connectivity index (χ2n) is 4.97. The highest BCUT2D eigenvalue weighted by Gasteiger charge is 2.10. The van der Waals surface area contributed by atoms with Crippen LogP contribution in [0.2, 0.25) is 10.0 Å². The molecule has 9 heteroatoms. The monoisotopic (exact) mass is 364 g/mol. The van der Waals surface area contributed by atoms with Crippen LogP contribution < -0.4 is 10.6 Å². The number of fused-ring (bicyclic) bond motifs is 1. The molecular formula is C15H14Cl2N6O. The van der Waals surface area contributed by atoms with Crippen molar-refractivity contribution in [3.8, 4) is 5.69 Å². The summed E-state index contributed by atoms with van der Waals surface area (Å²) in [4.78, 5) is 19.9. The van der Waals surface area contributed by atoms with Gasteiger partial charge in [0, 0.05) is 30.4 Å². The Kier molecular flexibility index (Phi) is 4.82. The van der Waals surface area contributed by atoms with Crippen molar-refractivity contribution in [2.24, 2.45) is 0 Å².